The van der Waals surface area contributed by atoms with E-state index in [0.717, 1.165) is 24.0 Å². The third kappa shape index (κ3) is 7.62. The van der Waals surface area contributed by atoms with Gasteiger partial charge in [-0.25, -0.2) is 10.2 Å². The average molecular weight is 334 g/mol. The molecule has 132 valence electrons. The van der Waals surface area contributed by atoms with Crippen molar-refractivity contribution in [1.82, 2.24) is 21.5 Å². The highest BCUT2D eigenvalue weighted by molar-refractivity contribution is 5.82. The molecule has 4 amide bonds. The minimum atomic E-state index is -0.455. The summed E-state index contributed by atoms with van der Waals surface area (Å²) in [5.41, 5.74) is 6.56. The van der Waals surface area contributed by atoms with E-state index in [1.54, 1.807) is 0 Å². The maximum absolute atomic E-state index is 12.0. The maximum Gasteiger partial charge on any atom is 0.333 e. The van der Waals surface area contributed by atoms with Crippen molar-refractivity contribution in [3.8, 4) is 0 Å². The Labute approximate surface area is 142 Å². The zero-order chi connectivity index (χ0) is 17.9. The maximum atomic E-state index is 12.0. The van der Waals surface area contributed by atoms with Gasteiger partial charge in [-0.15, -0.1) is 0 Å². The third-order valence-electron chi connectivity index (χ3n) is 3.38. The molecule has 4 N–H and O–H groups in total. The van der Waals surface area contributed by atoms with Gasteiger partial charge in [0.1, 0.15) is 0 Å². The van der Waals surface area contributed by atoms with Crippen LogP contribution in [0.2, 0.25) is 0 Å². The lowest BCUT2D eigenvalue weighted by molar-refractivity contribution is -0.123. The molecular formula is C17H26N4O3. The smallest absolute Gasteiger partial charge is 0.333 e. The molecule has 0 radical (unpaired) electrons. The first-order valence-electron chi connectivity index (χ1n) is 8.08. The lowest BCUT2D eigenvalue weighted by atomic mass is 10.0. The fraction of sp³-hybridized carbons (Fsp3) is 0.471. The van der Waals surface area contributed by atoms with Crippen molar-refractivity contribution in [3.05, 3.63) is 35.4 Å². The molecule has 0 aromatic heterocycles. The van der Waals surface area contributed by atoms with Crippen LogP contribution in [0.15, 0.2) is 24.3 Å². The van der Waals surface area contributed by atoms with Crippen LogP contribution in [0.1, 0.15) is 50.3 Å². The lowest BCUT2D eigenvalue weighted by Crippen LogP contribution is -2.48. The summed E-state index contributed by atoms with van der Waals surface area (Å²) in [5, 5.41) is 5.38. The minimum Gasteiger partial charge on any atom is -0.349 e. The average Bonchev–Trinajstić information content (AvgIpc) is 2.53. The van der Waals surface area contributed by atoms with Gasteiger partial charge in [0.15, 0.2) is 0 Å². The van der Waals surface area contributed by atoms with Crippen molar-refractivity contribution in [2.45, 2.75) is 46.1 Å². The number of hydrazine groups is 1. The van der Waals surface area contributed by atoms with Gasteiger partial charge in [0, 0.05) is 13.5 Å². The topological polar surface area (TPSA) is 99.3 Å². The number of carbonyl (C=O) groups is 3. The first kappa shape index (κ1) is 19.5. The van der Waals surface area contributed by atoms with Crippen LogP contribution in [0.5, 0.6) is 0 Å². The van der Waals surface area contributed by atoms with E-state index in [0.29, 0.717) is 6.54 Å². The van der Waals surface area contributed by atoms with E-state index in [1.807, 2.05) is 38.1 Å². The molecule has 0 aliphatic heterocycles. The molecule has 0 saturated heterocycles. The zero-order valence-electron chi connectivity index (χ0n) is 14.4. The summed E-state index contributed by atoms with van der Waals surface area (Å²) in [6.07, 6.45) is 1.87. The predicted octanol–water partition coefficient (Wildman–Crippen LogP) is 1.69. The monoisotopic (exact) mass is 334 g/mol. The van der Waals surface area contributed by atoms with E-state index < -0.39 is 12.1 Å². The second-order valence-corrected chi connectivity index (χ2v) is 5.65. The van der Waals surface area contributed by atoms with Gasteiger partial charge < -0.3 is 10.6 Å². The van der Waals surface area contributed by atoms with E-state index in [2.05, 4.69) is 21.5 Å². The van der Waals surface area contributed by atoms with Crippen LogP contribution in [-0.4, -0.2) is 24.4 Å². The third-order valence-corrected chi connectivity index (χ3v) is 3.38. The Bertz CT molecular complexity index is 557. The van der Waals surface area contributed by atoms with Gasteiger partial charge in [0.05, 0.1) is 12.5 Å². The summed E-state index contributed by atoms with van der Waals surface area (Å²) in [6.45, 7) is 5.94. The molecule has 1 aromatic carbocycles. The van der Waals surface area contributed by atoms with Crippen LogP contribution < -0.4 is 21.5 Å². The molecule has 1 aromatic rings. The highest BCUT2D eigenvalue weighted by atomic mass is 16.2. The Kier molecular flexibility index (Phi) is 8.32. The molecule has 1 atom stereocenters. The Balaban J connectivity index is 2.53. The quantitative estimate of drug-likeness (QED) is 0.451. The number of carbonyl (C=O) groups excluding carboxylic acids is 3. The molecule has 1 rings (SSSR count). The summed E-state index contributed by atoms with van der Waals surface area (Å²) in [5.74, 6) is -0.612. The van der Waals surface area contributed by atoms with Crippen LogP contribution in [0, 0.1) is 6.92 Å². The lowest BCUT2D eigenvalue weighted by Gasteiger charge is -2.18. The molecule has 0 saturated carbocycles. The van der Waals surface area contributed by atoms with Crippen molar-refractivity contribution in [2.24, 2.45) is 0 Å². The van der Waals surface area contributed by atoms with E-state index >= 15 is 0 Å². The van der Waals surface area contributed by atoms with Gasteiger partial charge in [-0.2, -0.15) is 0 Å². The fourth-order valence-electron chi connectivity index (χ4n) is 2.08. The largest absolute Gasteiger partial charge is 0.349 e. The first-order valence-corrected chi connectivity index (χ1v) is 8.08. The standard InChI is InChI=1S/C17H26N4O3/c1-4-5-10-18-17(24)21-20-16(23)11-15(19-13(3)22)14-8-6-12(2)7-9-14/h6-9,15H,4-5,10-11H2,1-3H3,(H,19,22)(H,20,23)(H2,18,21,24). The number of benzene rings is 1. The number of amides is 4. The Morgan fingerprint density at radius 1 is 1.08 bits per heavy atom. The zero-order valence-corrected chi connectivity index (χ0v) is 14.4. The van der Waals surface area contributed by atoms with Gasteiger partial charge >= 0.3 is 6.03 Å². The molecule has 7 nitrogen and oxygen atoms in total. The summed E-state index contributed by atoms with van der Waals surface area (Å²) in [7, 11) is 0. The SMILES string of the molecule is CCCCNC(=O)NNC(=O)CC(NC(C)=O)c1ccc(C)cc1. The van der Waals surface area contributed by atoms with Crippen LogP contribution in [0.25, 0.3) is 0 Å². The Morgan fingerprint density at radius 3 is 2.33 bits per heavy atom. The number of aryl methyl sites for hydroxylation is 1. The number of hydrogen-bond donors (Lipinski definition) is 4. The number of rotatable bonds is 7. The van der Waals surface area contributed by atoms with Crippen LogP contribution in [-0.2, 0) is 9.59 Å². The van der Waals surface area contributed by atoms with Gasteiger partial charge in [0.25, 0.3) is 0 Å². The van der Waals surface area contributed by atoms with Gasteiger partial charge in [-0.3, -0.25) is 15.0 Å². The second kappa shape index (κ2) is 10.3. The van der Waals surface area contributed by atoms with Gasteiger partial charge in [-0.1, -0.05) is 43.2 Å². The van der Waals surface area contributed by atoms with Crippen molar-refractivity contribution < 1.29 is 14.4 Å². The van der Waals surface area contributed by atoms with E-state index in [1.165, 1.54) is 6.92 Å². The fourth-order valence-corrected chi connectivity index (χ4v) is 2.08. The number of hydrogen-bond acceptors (Lipinski definition) is 3. The molecule has 0 spiro atoms. The molecular weight excluding hydrogens is 308 g/mol. The van der Waals surface area contributed by atoms with Crippen molar-refractivity contribution in [2.75, 3.05) is 6.54 Å². The van der Waals surface area contributed by atoms with Gasteiger partial charge in [0.2, 0.25) is 11.8 Å². The van der Waals surface area contributed by atoms with Crippen LogP contribution in [0.3, 0.4) is 0 Å². The van der Waals surface area contributed by atoms with Crippen LogP contribution >= 0.6 is 0 Å². The minimum absolute atomic E-state index is 0.0257. The van der Waals surface area contributed by atoms with Crippen molar-refractivity contribution in [1.29, 1.82) is 0 Å². The normalized spacial score (nSPS) is 11.3. The first-order chi connectivity index (χ1) is 11.4. The second-order valence-electron chi connectivity index (χ2n) is 5.65. The molecule has 1 unspecified atom stereocenters. The summed E-state index contributed by atoms with van der Waals surface area (Å²) >= 11 is 0. The summed E-state index contributed by atoms with van der Waals surface area (Å²) < 4.78 is 0. The van der Waals surface area contributed by atoms with E-state index in [9.17, 15) is 14.4 Å². The molecule has 0 bridgehead atoms. The summed E-state index contributed by atoms with van der Waals surface area (Å²) in [4.78, 5) is 34.9. The molecule has 24 heavy (non-hydrogen) atoms. The van der Waals surface area contributed by atoms with Crippen LogP contribution in [0.4, 0.5) is 4.79 Å². The molecule has 0 heterocycles. The number of nitrogens with one attached hydrogen (secondary N) is 4. The van der Waals surface area contributed by atoms with Gasteiger partial charge in [-0.05, 0) is 18.9 Å². The van der Waals surface area contributed by atoms with E-state index in [4.69, 9.17) is 0 Å². The number of urea groups is 1. The highest BCUT2D eigenvalue weighted by Gasteiger charge is 2.17. The Morgan fingerprint density at radius 2 is 1.75 bits per heavy atom. The van der Waals surface area contributed by atoms with Crippen molar-refractivity contribution in [3.63, 3.8) is 0 Å². The van der Waals surface area contributed by atoms with Crippen molar-refractivity contribution >= 4 is 17.8 Å². The Hall–Kier alpha value is -2.57. The van der Waals surface area contributed by atoms with E-state index in [-0.39, 0.29) is 18.2 Å². The highest BCUT2D eigenvalue weighted by Crippen LogP contribution is 2.17. The summed E-state index contributed by atoms with van der Waals surface area (Å²) in [6, 6.07) is 6.67. The number of unbranched alkanes of at least 4 members (excludes halogenated alkanes) is 1. The molecule has 7 heteroatoms. The predicted molar refractivity (Wildman–Crippen MR) is 91.9 cm³/mol. The molecule has 0 aliphatic rings. The molecule has 0 aliphatic carbocycles. The molecule has 0 fully saturated rings.